The molecule has 0 spiro atoms. The number of hydrogen-bond acceptors (Lipinski definition) is 5. The highest BCUT2D eigenvalue weighted by Crippen LogP contribution is 2.22. The summed E-state index contributed by atoms with van der Waals surface area (Å²) in [5.74, 6) is 1.46. The molecule has 5 nitrogen and oxygen atoms in total. The average molecular weight is 247 g/mol. The summed E-state index contributed by atoms with van der Waals surface area (Å²) in [7, 11) is 0. The van der Waals surface area contributed by atoms with E-state index in [4.69, 9.17) is 5.26 Å². The Morgan fingerprint density at radius 1 is 1.28 bits per heavy atom. The topological polar surface area (TPSA) is 73.6 Å². The second kappa shape index (κ2) is 6.80. The van der Waals surface area contributed by atoms with Gasteiger partial charge in [-0.2, -0.15) is 5.26 Å². The van der Waals surface area contributed by atoms with Crippen LogP contribution in [-0.2, 0) is 0 Å². The lowest BCUT2D eigenvalue weighted by atomic mass is 9.88. The first-order chi connectivity index (χ1) is 8.57. The van der Waals surface area contributed by atoms with Crippen molar-refractivity contribution in [2.45, 2.75) is 33.6 Å². The fourth-order valence-corrected chi connectivity index (χ4v) is 1.78. The highest BCUT2D eigenvalue weighted by atomic mass is 15.1. The van der Waals surface area contributed by atoms with Gasteiger partial charge in [0, 0.05) is 12.6 Å². The van der Waals surface area contributed by atoms with E-state index in [1.165, 1.54) is 19.2 Å². The Kier molecular flexibility index (Phi) is 5.37. The predicted molar refractivity (Wildman–Crippen MR) is 73.3 cm³/mol. The molecule has 1 rings (SSSR count). The van der Waals surface area contributed by atoms with Crippen molar-refractivity contribution in [3.8, 4) is 6.07 Å². The van der Waals surface area contributed by atoms with Gasteiger partial charge in [0.2, 0.25) is 0 Å². The van der Waals surface area contributed by atoms with Crippen LogP contribution in [0, 0.1) is 16.7 Å². The molecular weight excluding hydrogens is 226 g/mol. The third kappa shape index (κ3) is 5.00. The van der Waals surface area contributed by atoms with Crippen LogP contribution in [-0.4, -0.2) is 23.1 Å². The Morgan fingerprint density at radius 3 is 2.56 bits per heavy atom. The number of nitriles is 1. The molecule has 18 heavy (non-hydrogen) atoms. The molecule has 0 saturated carbocycles. The highest BCUT2D eigenvalue weighted by Gasteiger charge is 2.16. The van der Waals surface area contributed by atoms with Crippen molar-refractivity contribution in [3.05, 3.63) is 12.4 Å². The minimum absolute atomic E-state index is 0.248. The van der Waals surface area contributed by atoms with Crippen molar-refractivity contribution in [2.75, 3.05) is 23.7 Å². The maximum atomic E-state index is 8.49. The van der Waals surface area contributed by atoms with Crippen molar-refractivity contribution in [3.63, 3.8) is 0 Å². The van der Waals surface area contributed by atoms with Gasteiger partial charge in [-0.05, 0) is 11.8 Å². The summed E-state index contributed by atoms with van der Waals surface area (Å²) in [6.45, 7) is 7.78. The van der Waals surface area contributed by atoms with E-state index < -0.39 is 0 Å². The van der Waals surface area contributed by atoms with Crippen molar-refractivity contribution in [2.24, 2.45) is 5.41 Å². The van der Waals surface area contributed by atoms with Crippen molar-refractivity contribution in [1.82, 2.24) is 9.97 Å². The van der Waals surface area contributed by atoms with E-state index in [2.05, 4.69) is 41.4 Å². The lowest BCUT2D eigenvalue weighted by Crippen LogP contribution is -2.23. The Bertz CT molecular complexity index is 408. The lowest BCUT2D eigenvalue weighted by Gasteiger charge is -2.24. The largest absolute Gasteiger partial charge is 0.369 e. The van der Waals surface area contributed by atoms with E-state index in [0.717, 1.165) is 12.4 Å². The van der Waals surface area contributed by atoms with Crippen LogP contribution in [0.4, 0.5) is 11.6 Å². The predicted octanol–water partition coefficient (Wildman–Crippen LogP) is 2.65. The van der Waals surface area contributed by atoms with Crippen LogP contribution in [0.1, 0.15) is 33.6 Å². The number of rotatable bonds is 7. The molecule has 0 bridgehead atoms. The SMILES string of the molecule is CCCC(C)(C)CNc1cc(NCC#N)ncn1. The highest BCUT2D eigenvalue weighted by molar-refractivity contribution is 5.46. The van der Waals surface area contributed by atoms with Gasteiger partial charge in [0.25, 0.3) is 0 Å². The zero-order valence-electron chi connectivity index (χ0n) is 11.3. The molecule has 0 saturated heterocycles. The molecule has 0 unspecified atom stereocenters. The van der Waals surface area contributed by atoms with E-state index >= 15 is 0 Å². The van der Waals surface area contributed by atoms with E-state index in [0.29, 0.717) is 5.82 Å². The van der Waals surface area contributed by atoms with Crippen LogP contribution < -0.4 is 10.6 Å². The quantitative estimate of drug-likeness (QED) is 0.725. The van der Waals surface area contributed by atoms with Gasteiger partial charge < -0.3 is 10.6 Å². The molecule has 0 aliphatic rings. The standard InChI is InChI=1S/C13H21N5/c1-4-5-13(2,3)9-16-12-8-11(15-7-6-14)17-10-18-12/h8,10H,4-5,7,9H2,1-3H3,(H2,15,16,17,18). The zero-order chi connectivity index (χ0) is 13.4. The fraction of sp³-hybridized carbons (Fsp3) is 0.615. The third-order valence-corrected chi connectivity index (χ3v) is 2.69. The molecule has 2 N–H and O–H groups in total. The van der Waals surface area contributed by atoms with Crippen LogP contribution in [0.2, 0.25) is 0 Å². The summed E-state index contributed by atoms with van der Waals surface area (Å²) >= 11 is 0. The molecule has 1 aromatic rings. The Morgan fingerprint density at radius 2 is 1.94 bits per heavy atom. The molecule has 1 heterocycles. The van der Waals surface area contributed by atoms with E-state index in [1.54, 1.807) is 0 Å². The van der Waals surface area contributed by atoms with Gasteiger partial charge >= 0.3 is 0 Å². The van der Waals surface area contributed by atoms with Gasteiger partial charge in [0.05, 0.1) is 6.07 Å². The Hall–Kier alpha value is -1.83. The molecule has 1 aromatic heterocycles. The van der Waals surface area contributed by atoms with Gasteiger partial charge in [-0.3, -0.25) is 0 Å². The lowest BCUT2D eigenvalue weighted by molar-refractivity contribution is 0.354. The number of anilines is 2. The first-order valence-corrected chi connectivity index (χ1v) is 6.24. The van der Waals surface area contributed by atoms with Crippen LogP contribution in [0.3, 0.4) is 0 Å². The van der Waals surface area contributed by atoms with Crippen LogP contribution in [0.15, 0.2) is 12.4 Å². The van der Waals surface area contributed by atoms with Gasteiger partial charge in [0.15, 0.2) is 0 Å². The molecular formula is C13H21N5. The summed E-state index contributed by atoms with van der Waals surface area (Å²) in [5, 5.41) is 14.7. The minimum Gasteiger partial charge on any atom is -0.369 e. The molecule has 0 fully saturated rings. The summed E-state index contributed by atoms with van der Waals surface area (Å²) in [6, 6.07) is 3.84. The fourth-order valence-electron chi connectivity index (χ4n) is 1.78. The van der Waals surface area contributed by atoms with Crippen LogP contribution >= 0.6 is 0 Å². The monoisotopic (exact) mass is 247 g/mol. The summed E-state index contributed by atoms with van der Waals surface area (Å²) in [4.78, 5) is 8.21. The molecule has 0 aromatic carbocycles. The second-order valence-corrected chi connectivity index (χ2v) is 5.07. The molecule has 5 heteroatoms. The number of aromatic nitrogens is 2. The maximum absolute atomic E-state index is 8.49. The smallest absolute Gasteiger partial charge is 0.132 e. The van der Waals surface area contributed by atoms with E-state index in [-0.39, 0.29) is 12.0 Å². The normalized spacial score (nSPS) is 10.8. The molecule has 0 atom stereocenters. The summed E-state index contributed by atoms with van der Waals surface area (Å²) < 4.78 is 0. The van der Waals surface area contributed by atoms with Gasteiger partial charge in [-0.1, -0.05) is 27.2 Å². The molecule has 0 radical (unpaired) electrons. The molecule has 0 amide bonds. The van der Waals surface area contributed by atoms with E-state index in [1.807, 2.05) is 12.1 Å². The molecule has 0 aliphatic carbocycles. The first-order valence-electron chi connectivity index (χ1n) is 6.24. The second-order valence-electron chi connectivity index (χ2n) is 5.07. The number of nitrogens with zero attached hydrogens (tertiary/aromatic N) is 3. The van der Waals surface area contributed by atoms with E-state index in [9.17, 15) is 0 Å². The summed E-state index contributed by atoms with van der Waals surface area (Å²) in [5.41, 5.74) is 0.250. The van der Waals surface area contributed by atoms with Crippen molar-refractivity contribution >= 4 is 11.6 Å². The van der Waals surface area contributed by atoms with Crippen molar-refractivity contribution in [1.29, 1.82) is 5.26 Å². The van der Waals surface area contributed by atoms with Crippen molar-refractivity contribution < 1.29 is 0 Å². The molecule has 0 aliphatic heterocycles. The number of hydrogen-bond donors (Lipinski definition) is 2. The van der Waals surface area contributed by atoms with Crippen LogP contribution in [0.25, 0.3) is 0 Å². The van der Waals surface area contributed by atoms with Crippen LogP contribution in [0.5, 0.6) is 0 Å². The Balaban J connectivity index is 2.54. The number of nitrogens with one attached hydrogen (secondary N) is 2. The maximum Gasteiger partial charge on any atom is 0.132 e. The third-order valence-electron chi connectivity index (χ3n) is 2.69. The first kappa shape index (κ1) is 14.2. The van der Waals surface area contributed by atoms with Gasteiger partial charge in [0.1, 0.15) is 24.5 Å². The Labute approximate surface area is 109 Å². The zero-order valence-corrected chi connectivity index (χ0v) is 11.3. The molecule has 98 valence electrons. The van der Waals surface area contributed by atoms with Gasteiger partial charge in [-0.15, -0.1) is 0 Å². The minimum atomic E-state index is 0.248. The van der Waals surface area contributed by atoms with Gasteiger partial charge in [-0.25, -0.2) is 9.97 Å². The average Bonchev–Trinajstić information content (AvgIpc) is 2.35. The summed E-state index contributed by atoms with van der Waals surface area (Å²) in [6.07, 6.45) is 3.84.